The maximum Gasteiger partial charge on any atom is 0.338 e. The Balaban J connectivity index is 2.06. The highest BCUT2D eigenvalue weighted by Gasteiger charge is 2.18. The van der Waals surface area contributed by atoms with Crippen LogP contribution < -0.4 is 0 Å². The number of aryl methyl sites for hydroxylation is 1. The largest absolute Gasteiger partial charge is 0.449 e. The van der Waals surface area contributed by atoms with E-state index in [9.17, 15) is 9.00 Å². The monoisotopic (exact) mass is 294 g/mol. The first kappa shape index (κ1) is 14.4. The van der Waals surface area contributed by atoms with Crippen LogP contribution in [0.15, 0.2) is 33.7 Å². The molecule has 0 radical (unpaired) electrons. The fourth-order valence-electron chi connectivity index (χ4n) is 1.54. The van der Waals surface area contributed by atoms with Crippen molar-refractivity contribution < 1.29 is 18.3 Å². The maximum absolute atomic E-state index is 11.9. The molecule has 106 valence electrons. The van der Waals surface area contributed by atoms with Crippen LogP contribution in [0.4, 0.5) is 0 Å². The van der Waals surface area contributed by atoms with E-state index in [2.05, 4.69) is 10.1 Å². The molecule has 0 N–H and O–H groups in total. The highest BCUT2D eigenvalue weighted by molar-refractivity contribution is 7.84. The van der Waals surface area contributed by atoms with Gasteiger partial charge >= 0.3 is 5.97 Å². The number of nitrogens with zero attached hydrogens (tertiary/aromatic N) is 2. The third-order valence-electron chi connectivity index (χ3n) is 2.60. The highest BCUT2D eigenvalue weighted by atomic mass is 32.2. The smallest absolute Gasteiger partial charge is 0.338 e. The summed E-state index contributed by atoms with van der Waals surface area (Å²) >= 11 is 0. The Kier molecular flexibility index (Phi) is 4.29. The van der Waals surface area contributed by atoms with E-state index >= 15 is 0 Å². The molecule has 0 saturated carbocycles. The van der Waals surface area contributed by atoms with Gasteiger partial charge in [-0.05, 0) is 38.1 Å². The number of carbonyl (C=O) groups is 1. The minimum Gasteiger partial charge on any atom is -0.449 e. The molecule has 0 fully saturated rings. The molecule has 2 atom stereocenters. The van der Waals surface area contributed by atoms with Crippen molar-refractivity contribution in [1.82, 2.24) is 10.1 Å². The van der Waals surface area contributed by atoms with E-state index in [1.54, 1.807) is 44.4 Å². The van der Waals surface area contributed by atoms with Crippen LogP contribution in [0, 0.1) is 6.92 Å². The summed E-state index contributed by atoms with van der Waals surface area (Å²) in [7, 11) is -1.07. The summed E-state index contributed by atoms with van der Waals surface area (Å²) in [5, 5.41) is 3.64. The van der Waals surface area contributed by atoms with Gasteiger partial charge in [0.25, 0.3) is 5.89 Å². The van der Waals surface area contributed by atoms with Crippen LogP contribution in [0.3, 0.4) is 0 Å². The van der Waals surface area contributed by atoms with Crippen molar-refractivity contribution in [2.24, 2.45) is 0 Å². The minimum atomic E-state index is -1.07. The number of hydrogen-bond acceptors (Lipinski definition) is 6. The molecule has 0 aliphatic rings. The number of hydrogen-bond donors (Lipinski definition) is 0. The zero-order valence-corrected chi connectivity index (χ0v) is 12.1. The van der Waals surface area contributed by atoms with E-state index in [0.717, 1.165) is 0 Å². The SMILES string of the molecule is Cc1noc(C(C)OC(=O)c2ccc(S(C)=O)cc2)n1. The fourth-order valence-corrected chi connectivity index (χ4v) is 2.06. The van der Waals surface area contributed by atoms with E-state index in [1.165, 1.54) is 0 Å². The number of aromatic nitrogens is 2. The van der Waals surface area contributed by atoms with Crippen molar-refractivity contribution in [2.45, 2.75) is 24.8 Å². The molecule has 1 aromatic heterocycles. The quantitative estimate of drug-likeness (QED) is 0.802. The summed E-state index contributed by atoms with van der Waals surface area (Å²) in [6.07, 6.45) is 0.955. The van der Waals surface area contributed by atoms with Gasteiger partial charge in [0.1, 0.15) is 0 Å². The Labute approximate surface area is 118 Å². The maximum atomic E-state index is 11.9. The molecule has 2 aromatic rings. The average molecular weight is 294 g/mol. The number of carbonyl (C=O) groups excluding carboxylic acids is 1. The molecular weight excluding hydrogens is 280 g/mol. The number of ether oxygens (including phenoxy) is 1. The molecule has 0 amide bonds. The van der Waals surface area contributed by atoms with Gasteiger partial charge in [-0.3, -0.25) is 4.21 Å². The lowest BCUT2D eigenvalue weighted by atomic mass is 10.2. The molecule has 0 spiro atoms. The third-order valence-corrected chi connectivity index (χ3v) is 3.53. The number of rotatable bonds is 4. The van der Waals surface area contributed by atoms with E-state index < -0.39 is 22.9 Å². The van der Waals surface area contributed by atoms with Crippen LogP contribution in [0.1, 0.15) is 35.1 Å². The van der Waals surface area contributed by atoms with E-state index in [0.29, 0.717) is 16.3 Å². The molecule has 2 rings (SSSR count). The Morgan fingerprint density at radius 1 is 1.35 bits per heavy atom. The lowest BCUT2D eigenvalue weighted by molar-refractivity contribution is 0.0265. The highest BCUT2D eigenvalue weighted by Crippen LogP contribution is 2.17. The zero-order valence-electron chi connectivity index (χ0n) is 11.3. The van der Waals surface area contributed by atoms with Gasteiger partial charge in [-0.1, -0.05) is 5.16 Å². The summed E-state index contributed by atoms with van der Waals surface area (Å²) < 4.78 is 21.4. The molecule has 2 unspecified atom stereocenters. The number of benzene rings is 1. The Bertz CT molecular complexity index is 636. The first-order valence-electron chi connectivity index (χ1n) is 5.92. The summed E-state index contributed by atoms with van der Waals surface area (Å²) in [5.74, 6) is 0.238. The van der Waals surface area contributed by atoms with Gasteiger partial charge in [0.2, 0.25) is 0 Å². The average Bonchev–Trinajstić information content (AvgIpc) is 2.85. The molecule has 0 aliphatic carbocycles. The molecule has 0 saturated heterocycles. The summed E-state index contributed by atoms with van der Waals surface area (Å²) in [6, 6.07) is 6.41. The Morgan fingerprint density at radius 3 is 2.50 bits per heavy atom. The van der Waals surface area contributed by atoms with Crippen LogP contribution in [-0.2, 0) is 15.5 Å². The van der Waals surface area contributed by atoms with Crippen molar-refractivity contribution in [3.05, 3.63) is 41.5 Å². The third kappa shape index (κ3) is 3.30. The lowest BCUT2D eigenvalue weighted by Gasteiger charge is -2.09. The summed E-state index contributed by atoms with van der Waals surface area (Å²) in [5.41, 5.74) is 0.377. The van der Waals surface area contributed by atoms with Gasteiger partial charge in [-0.2, -0.15) is 4.98 Å². The van der Waals surface area contributed by atoms with Gasteiger partial charge in [0, 0.05) is 22.0 Å². The van der Waals surface area contributed by atoms with Crippen molar-refractivity contribution >= 4 is 16.8 Å². The standard InChI is InChI=1S/C13H14N2O4S/c1-8(12-14-9(2)15-19-12)18-13(16)10-4-6-11(7-5-10)20(3)17/h4-8H,1-3H3. The molecule has 6 nitrogen and oxygen atoms in total. The number of esters is 1. The second-order valence-corrected chi connectivity index (χ2v) is 5.59. The van der Waals surface area contributed by atoms with Crippen LogP contribution in [-0.4, -0.2) is 26.6 Å². The predicted octanol–water partition coefficient (Wildman–Crippen LogP) is 2.03. The molecule has 0 bridgehead atoms. The minimum absolute atomic E-state index is 0.252. The first-order valence-corrected chi connectivity index (χ1v) is 7.48. The van der Waals surface area contributed by atoms with Gasteiger partial charge in [-0.25, -0.2) is 4.79 Å². The van der Waals surface area contributed by atoms with Crippen LogP contribution in [0.5, 0.6) is 0 Å². The van der Waals surface area contributed by atoms with E-state index in [1.807, 2.05) is 0 Å². The normalized spacial score (nSPS) is 13.8. The van der Waals surface area contributed by atoms with Gasteiger partial charge in [0.15, 0.2) is 11.9 Å². The topological polar surface area (TPSA) is 82.3 Å². The van der Waals surface area contributed by atoms with Crippen molar-refractivity contribution in [2.75, 3.05) is 6.26 Å². The van der Waals surface area contributed by atoms with Gasteiger partial charge < -0.3 is 9.26 Å². The molecule has 0 aliphatic heterocycles. The van der Waals surface area contributed by atoms with Crippen molar-refractivity contribution in [1.29, 1.82) is 0 Å². The molecule has 7 heteroatoms. The molecule has 1 aromatic carbocycles. The van der Waals surface area contributed by atoms with Crippen molar-refractivity contribution in [3.63, 3.8) is 0 Å². The van der Waals surface area contributed by atoms with Gasteiger partial charge in [-0.15, -0.1) is 0 Å². The second-order valence-electron chi connectivity index (χ2n) is 4.21. The second kappa shape index (κ2) is 5.96. The van der Waals surface area contributed by atoms with E-state index in [4.69, 9.17) is 9.26 Å². The van der Waals surface area contributed by atoms with Crippen molar-refractivity contribution in [3.8, 4) is 0 Å². The fraction of sp³-hybridized carbons (Fsp3) is 0.308. The summed E-state index contributed by atoms with van der Waals surface area (Å²) in [6.45, 7) is 3.34. The Hall–Kier alpha value is -2.02. The van der Waals surface area contributed by atoms with Crippen LogP contribution in [0.25, 0.3) is 0 Å². The molecule has 20 heavy (non-hydrogen) atoms. The first-order chi connectivity index (χ1) is 9.47. The van der Waals surface area contributed by atoms with Crippen LogP contribution >= 0.6 is 0 Å². The van der Waals surface area contributed by atoms with Gasteiger partial charge in [0.05, 0.1) is 5.56 Å². The predicted molar refractivity (Wildman–Crippen MR) is 71.6 cm³/mol. The molecule has 1 heterocycles. The van der Waals surface area contributed by atoms with E-state index in [-0.39, 0.29) is 5.89 Å². The zero-order chi connectivity index (χ0) is 14.7. The lowest BCUT2D eigenvalue weighted by Crippen LogP contribution is -2.09. The Morgan fingerprint density at radius 2 is 2.00 bits per heavy atom. The summed E-state index contributed by atoms with van der Waals surface area (Å²) in [4.78, 5) is 16.6. The molecular formula is C13H14N2O4S. The van der Waals surface area contributed by atoms with Crippen LogP contribution in [0.2, 0.25) is 0 Å².